The first-order chi connectivity index (χ1) is 11.6. The van der Waals surface area contributed by atoms with Crippen LogP contribution in [0.4, 0.5) is 11.5 Å². The highest BCUT2D eigenvalue weighted by Gasteiger charge is 2.15. The van der Waals surface area contributed by atoms with Gasteiger partial charge in [0.05, 0.1) is 13.2 Å². The van der Waals surface area contributed by atoms with Crippen molar-refractivity contribution in [3.05, 3.63) is 52.1 Å². The minimum Gasteiger partial charge on any atom is -0.477 e. The highest BCUT2D eigenvalue weighted by molar-refractivity contribution is 9.10. The number of morpholine rings is 1. The van der Waals surface area contributed by atoms with Crippen LogP contribution in [0.5, 0.6) is 0 Å². The molecule has 2 heterocycles. The molecule has 0 bridgehead atoms. The van der Waals surface area contributed by atoms with Crippen molar-refractivity contribution in [2.45, 2.75) is 6.54 Å². The first-order valence-electron chi connectivity index (χ1n) is 7.69. The average Bonchev–Trinajstić information content (AvgIpc) is 2.61. The van der Waals surface area contributed by atoms with E-state index in [-0.39, 0.29) is 5.69 Å². The predicted octanol–water partition coefficient (Wildman–Crippen LogP) is 2.99. The van der Waals surface area contributed by atoms with Crippen LogP contribution in [0.2, 0.25) is 0 Å². The van der Waals surface area contributed by atoms with Gasteiger partial charge >= 0.3 is 5.97 Å². The zero-order valence-electron chi connectivity index (χ0n) is 13.0. The first-order valence-corrected chi connectivity index (χ1v) is 8.48. The van der Waals surface area contributed by atoms with Crippen molar-refractivity contribution in [1.82, 2.24) is 4.98 Å². The number of rotatable bonds is 5. The van der Waals surface area contributed by atoms with Crippen molar-refractivity contribution in [3.63, 3.8) is 0 Å². The van der Waals surface area contributed by atoms with Crippen molar-refractivity contribution in [1.29, 1.82) is 0 Å². The lowest BCUT2D eigenvalue weighted by molar-refractivity contribution is 0.0690. The maximum absolute atomic E-state index is 11.0. The minimum atomic E-state index is -1.03. The van der Waals surface area contributed by atoms with E-state index in [4.69, 9.17) is 9.84 Å². The summed E-state index contributed by atoms with van der Waals surface area (Å²) in [6, 6.07) is 11.1. The van der Waals surface area contributed by atoms with Crippen molar-refractivity contribution in [2.75, 3.05) is 36.5 Å². The third-order valence-corrected chi connectivity index (χ3v) is 4.32. The van der Waals surface area contributed by atoms with E-state index in [0.29, 0.717) is 12.4 Å². The van der Waals surface area contributed by atoms with Crippen molar-refractivity contribution in [3.8, 4) is 0 Å². The van der Waals surface area contributed by atoms with Crippen LogP contribution in [-0.2, 0) is 11.3 Å². The largest absolute Gasteiger partial charge is 0.477 e. The lowest BCUT2D eigenvalue weighted by atomic mass is 10.1. The number of anilines is 2. The molecule has 2 N–H and O–H groups in total. The van der Waals surface area contributed by atoms with Crippen LogP contribution < -0.4 is 10.2 Å². The number of ether oxygens (including phenoxy) is 1. The maximum atomic E-state index is 11.0. The van der Waals surface area contributed by atoms with Crippen molar-refractivity contribution >= 4 is 33.4 Å². The Morgan fingerprint density at radius 2 is 2.08 bits per heavy atom. The summed E-state index contributed by atoms with van der Waals surface area (Å²) in [5.41, 5.74) is 2.31. The molecule has 0 radical (unpaired) electrons. The molecule has 2 aromatic rings. The van der Waals surface area contributed by atoms with Gasteiger partial charge in [0.15, 0.2) is 5.69 Å². The Morgan fingerprint density at radius 3 is 2.83 bits per heavy atom. The molecular weight excluding hydrogens is 374 g/mol. The summed E-state index contributed by atoms with van der Waals surface area (Å²) in [5.74, 6) is -0.484. The van der Waals surface area contributed by atoms with E-state index in [1.807, 2.05) is 6.07 Å². The van der Waals surface area contributed by atoms with Crippen LogP contribution in [0.25, 0.3) is 0 Å². The molecule has 0 spiro atoms. The van der Waals surface area contributed by atoms with Gasteiger partial charge in [0.1, 0.15) is 5.82 Å². The van der Waals surface area contributed by atoms with Gasteiger partial charge in [-0.05, 0) is 29.8 Å². The Balaban J connectivity index is 1.77. The number of halogens is 1. The molecule has 0 aliphatic carbocycles. The number of carboxylic acids is 1. The Bertz CT molecular complexity index is 733. The van der Waals surface area contributed by atoms with E-state index in [9.17, 15) is 4.79 Å². The Hall–Kier alpha value is -2.12. The van der Waals surface area contributed by atoms with Gasteiger partial charge in [0.25, 0.3) is 0 Å². The normalized spacial score (nSPS) is 14.5. The van der Waals surface area contributed by atoms with Crippen LogP contribution in [0.1, 0.15) is 16.1 Å². The van der Waals surface area contributed by atoms with Gasteiger partial charge in [0.2, 0.25) is 0 Å². The van der Waals surface area contributed by atoms with E-state index in [1.165, 1.54) is 6.07 Å². The summed E-state index contributed by atoms with van der Waals surface area (Å²) in [6.45, 7) is 3.73. The molecule has 1 aromatic heterocycles. The molecule has 0 amide bonds. The second-order valence-corrected chi connectivity index (χ2v) is 6.35. The number of hydrogen-bond donors (Lipinski definition) is 2. The molecular formula is C17H18BrN3O3. The minimum absolute atomic E-state index is 0.0317. The second-order valence-electron chi connectivity index (χ2n) is 5.44. The number of nitrogens with one attached hydrogen (secondary N) is 1. The molecule has 1 fully saturated rings. The van der Waals surface area contributed by atoms with Crippen LogP contribution in [0.15, 0.2) is 40.9 Å². The molecule has 7 heteroatoms. The fourth-order valence-electron chi connectivity index (χ4n) is 2.62. The van der Waals surface area contributed by atoms with Crippen LogP contribution in [-0.4, -0.2) is 42.4 Å². The molecule has 126 valence electrons. The summed E-state index contributed by atoms with van der Waals surface area (Å²) in [6.07, 6.45) is 0. The van der Waals surface area contributed by atoms with Gasteiger partial charge in [-0.15, -0.1) is 0 Å². The Morgan fingerprint density at radius 1 is 1.29 bits per heavy atom. The van der Waals surface area contributed by atoms with E-state index < -0.39 is 5.97 Å². The van der Waals surface area contributed by atoms with Gasteiger partial charge in [0, 0.05) is 29.8 Å². The van der Waals surface area contributed by atoms with Gasteiger partial charge in [-0.25, -0.2) is 9.78 Å². The Kier molecular flexibility index (Phi) is 5.32. The van der Waals surface area contributed by atoms with Crippen LogP contribution in [0.3, 0.4) is 0 Å². The van der Waals surface area contributed by atoms with Crippen LogP contribution >= 0.6 is 15.9 Å². The Labute approximate surface area is 148 Å². The SMILES string of the molecule is O=C(O)c1cccc(NCc2ccc(Br)cc2N2CCOCC2)n1. The highest BCUT2D eigenvalue weighted by atomic mass is 79.9. The number of aromatic carboxylic acids is 1. The summed E-state index contributed by atoms with van der Waals surface area (Å²) >= 11 is 3.53. The molecule has 1 aliphatic heterocycles. The number of carboxylic acid groups (broad SMARTS) is 1. The zero-order valence-corrected chi connectivity index (χ0v) is 14.6. The maximum Gasteiger partial charge on any atom is 0.354 e. The summed E-state index contributed by atoms with van der Waals surface area (Å²) in [5, 5.41) is 12.2. The molecule has 1 aliphatic rings. The van der Waals surface area contributed by atoms with Crippen molar-refractivity contribution in [2.24, 2.45) is 0 Å². The third-order valence-electron chi connectivity index (χ3n) is 3.83. The molecule has 6 nitrogen and oxygen atoms in total. The number of nitrogens with zero attached hydrogens (tertiary/aromatic N) is 2. The summed E-state index contributed by atoms with van der Waals surface area (Å²) in [7, 11) is 0. The monoisotopic (exact) mass is 391 g/mol. The van der Waals surface area contributed by atoms with Gasteiger partial charge in [-0.1, -0.05) is 28.1 Å². The molecule has 24 heavy (non-hydrogen) atoms. The van der Waals surface area contributed by atoms with Gasteiger partial charge in [-0.2, -0.15) is 0 Å². The molecule has 3 rings (SSSR count). The number of carbonyl (C=O) groups is 1. The lowest BCUT2D eigenvalue weighted by Gasteiger charge is -2.31. The molecule has 1 aromatic carbocycles. The molecule has 0 saturated carbocycles. The topological polar surface area (TPSA) is 74.7 Å². The molecule has 0 unspecified atom stereocenters. The lowest BCUT2D eigenvalue weighted by Crippen LogP contribution is -2.36. The summed E-state index contributed by atoms with van der Waals surface area (Å²) in [4.78, 5) is 17.4. The zero-order chi connectivity index (χ0) is 16.9. The molecule has 1 saturated heterocycles. The quantitative estimate of drug-likeness (QED) is 0.815. The standard InChI is InChI=1S/C17H18BrN3O3/c18-13-5-4-12(15(10-13)21-6-8-24-9-7-21)11-19-16-3-1-2-14(20-16)17(22)23/h1-5,10H,6-9,11H2,(H,19,20)(H,22,23). The van der Waals surface area contributed by atoms with Gasteiger partial charge < -0.3 is 20.1 Å². The van der Waals surface area contributed by atoms with E-state index >= 15 is 0 Å². The number of benzene rings is 1. The number of hydrogen-bond acceptors (Lipinski definition) is 5. The fraction of sp³-hybridized carbons (Fsp3) is 0.294. The van der Waals surface area contributed by atoms with Gasteiger partial charge in [-0.3, -0.25) is 0 Å². The third kappa shape index (κ3) is 4.04. The number of aromatic nitrogens is 1. The second kappa shape index (κ2) is 7.63. The molecule has 0 atom stereocenters. The fourth-order valence-corrected chi connectivity index (χ4v) is 2.97. The predicted molar refractivity (Wildman–Crippen MR) is 95.7 cm³/mol. The van der Waals surface area contributed by atoms with E-state index in [2.05, 4.69) is 43.3 Å². The van der Waals surface area contributed by atoms with E-state index in [1.54, 1.807) is 12.1 Å². The van der Waals surface area contributed by atoms with E-state index in [0.717, 1.165) is 42.0 Å². The summed E-state index contributed by atoms with van der Waals surface area (Å²) < 4.78 is 6.45. The first kappa shape index (κ1) is 16.7. The van der Waals surface area contributed by atoms with Crippen LogP contribution in [0, 0.1) is 0 Å². The smallest absolute Gasteiger partial charge is 0.354 e. The van der Waals surface area contributed by atoms with Crippen molar-refractivity contribution < 1.29 is 14.6 Å². The highest BCUT2D eigenvalue weighted by Crippen LogP contribution is 2.26. The average molecular weight is 392 g/mol. The number of pyridine rings is 1.